The number of hydrogen-bond acceptors (Lipinski definition) is 4. The van der Waals surface area contributed by atoms with Crippen molar-refractivity contribution in [2.24, 2.45) is 11.7 Å². The van der Waals surface area contributed by atoms with Crippen LogP contribution in [-0.4, -0.2) is 60.9 Å². The van der Waals surface area contributed by atoms with Gasteiger partial charge < -0.3 is 20.3 Å². The minimum absolute atomic E-state index is 0. The van der Waals surface area contributed by atoms with Gasteiger partial charge in [0.2, 0.25) is 5.91 Å². The second-order valence-electron chi connectivity index (χ2n) is 6.50. The van der Waals surface area contributed by atoms with Gasteiger partial charge in [0.1, 0.15) is 5.75 Å². The van der Waals surface area contributed by atoms with Crippen molar-refractivity contribution in [3.8, 4) is 5.75 Å². The van der Waals surface area contributed by atoms with Crippen molar-refractivity contribution in [3.05, 3.63) is 29.8 Å². The molecule has 1 fully saturated rings. The molecule has 1 saturated heterocycles. The van der Waals surface area contributed by atoms with Crippen LogP contribution in [0.3, 0.4) is 0 Å². The number of piperidine rings is 1. The third-order valence-electron chi connectivity index (χ3n) is 4.74. The van der Waals surface area contributed by atoms with Crippen LogP contribution in [0, 0.1) is 5.92 Å². The molecule has 0 spiro atoms. The predicted molar refractivity (Wildman–Crippen MR) is 100 cm³/mol. The summed E-state index contributed by atoms with van der Waals surface area (Å²) in [6, 6.07) is 5.82. The van der Waals surface area contributed by atoms with Crippen molar-refractivity contribution >= 4 is 24.2 Å². The molecular weight excluding hydrogens is 380 g/mol. The van der Waals surface area contributed by atoms with E-state index in [1.54, 1.807) is 18.0 Å². The fraction of sp³-hybridized carbons (Fsp3) is 0.556. The SMILES string of the molecule is CC(CN)N(C)C(=O)C1CCCN(C(=O)c2ccccc2OC(F)F)C1.Cl. The highest BCUT2D eigenvalue weighted by Gasteiger charge is 2.32. The van der Waals surface area contributed by atoms with E-state index in [1.807, 2.05) is 6.92 Å². The number of alkyl halides is 2. The first kappa shape index (κ1) is 23.1. The molecule has 0 aromatic heterocycles. The number of carbonyl (C=O) groups is 2. The summed E-state index contributed by atoms with van der Waals surface area (Å²) >= 11 is 0. The molecule has 1 aromatic carbocycles. The van der Waals surface area contributed by atoms with Crippen LogP contribution in [0.5, 0.6) is 5.75 Å². The van der Waals surface area contributed by atoms with Crippen LogP contribution < -0.4 is 10.5 Å². The Labute approximate surface area is 164 Å². The normalized spacial score (nSPS) is 17.9. The first-order chi connectivity index (χ1) is 12.3. The molecule has 2 unspecified atom stereocenters. The summed E-state index contributed by atoms with van der Waals surface area (Å²) < 4.78 is 29.6. The van der Waals surface area contributed by atoms with Gasteiger partial charge in [0.05, 0.1) is 11.5 Å². The molecule has 0 aliphatic carbocycles. The van der Waals surface area contributed by atoms with E-state index in [-0.39, 0.29) is 48.1 Å². The molecule has 27 heavy (non-hydrogen) atoms. The molecule has 2 rings (SSSR count). The lowest BCUT2D eigenvalue weighted by Crippen LogP contribution is -2.49. The molecule has 2 N–H and O–H groups in total. The Balaban J connectivity index is 0.00000364. The van der Waals surface area contributed by atoms with Gasteiger partial charge in [-0.25, -0.2) is 0 Å². The molecule has 152 valence electrons. The molecule has 9 heteroatoms. The number of nitrogens with two attached hydrogens (primary N) is 1. The highest BCUT2D eigenvalue weighted by atomic mass is 35.5. The number of para-hydroxylation sites is 1. The molecule has 1 heterocycles. The van der Waals surface area contributed by atoms with E-state index in [2.05, 4.69) is 4.74 Å². The van der Waals surface area contributed by atoms with Gasteiger partial charge in [-0.2, -0.15) is 8.78 Å². The van der Waals surface area contributed by atoms with Crippen molar-refractivity contribution in [3.63, 3.8) is 0 Å². The fourth-order valence-electron chi connectivity index (χ4n) is 3.04. The first-order valence-electron chi connectivity index (χ1n) is 8.65. The maximum Gasteiger partial charge on any atom is 0.387 e. The van der Waals surface area contributed by atoms with Crippen LogP contribution in [0.15, 0.2) is 24.3 Å². The number of likely N-dealkylation sites (N-methyl/N-ethyl adjacent to an activating group) is 1. The van der Waals surface area contributed by atoms with Crippen molar-refractivity contribution in [2.75, 3.05) is 26.7 Å². The third-order valence-corrected chi connectivity index (χ3v) is 4.74. The van der Waals surface area contributed by atoms with Crippen LogP contribution in [0.4, 0.5) is 8.78 Å². The van der Waals surface area contributed by atoms with Gasteiger partial charge >= 0.3 is 6.61 Å². The summed E-state index contributed by atoms with van der Waals surface area (Å²) in [5, 5.41) is 0. The van der Waals surface area contributed by atoms with E-state index < -0.39 is 12.5 Å². The summed E-state index contributed by atoms with van der Waals surface area (Å²) in [7, 11) is 1.70. The molecule has 6 nitrogen and oxygen atoms in total. The molecule has 2 amide bonds. The largest absolute Gasteiger partial charge is 0.434 e. The Kier molecular flexibility index (Phi) is 8.92. The fourth-order valence-corrected chi connectivity index (χ4v) is 3.04. The van der Waals surface area contributed by atoms with Gasteiger partial charge in [-0.1, -0.05) is 12.1 Å². The zero-order valence-electron chi connectivity index (χ0n) is 15.4. The van der Waals surface area contributed by atoms with E-state index in [9.17, 15) is 18.4 Å². The Hall–Kier alpha value is -1.93. The highest BCUT2D eigenvalue weighted by Crippen LogP contribution is 2.25. The van der Waals surface area contributed by atoms with Crippen LogP contribution in [0.2, 0.25) is 0 Å². The van der Waals surface area contributed by atoms with Gasteiger partial charge in [0.25, 0.3) is 5.91 Å². The van der Waals surface area contributed by atoms with Gasteiger partial charge in [-0.15, -0.1) is 12.4 Å². The second-order valence-corrected chi connectivity index (χ2v) is 6.50. The smallest absolute Gasteiger partial charge is 0.387 e. The first-order valence-corrected chi connectivity index (χ1v) is 8.65. The van der Waals surface area contributed by atoms with Crippen LogP contribution in [0.1, 0.15) is 30.1 Å². The summed E-state index contributed by atoms with van der Waals surface area (Å²) in [6.45, 7) is -0.0623. The minimum Gasteiger partial charge on any atom is -0.434 e. The van der Waals surface area contributed by atoms with Crippen LogP contribution in [-0.2, 0) is 4.79 Å². The summed E-state index contributed by atoms with van der Waals surface area (Å²) in [5.41, 5.74) is 5.69. The lowest BCUT2D eigenvalue weighted by molar-refractivity contribution is -0.137. The molecular formula is C18H26ClF2N3O3. The summed E-state index contributed by atoms with van der Waals surface area (Å²) in [6.07, 6.45) is 1.35. The zero-order chi connectivity index (χ0) is 19.3. The maximum absolute atomic E-state index is 12.8. The van der Waals surface area contributed by atoms with Gasteiger partial charge in [-0.3, -0.25) is 9.59 Å². The molecule has 1 aromatic rings. The molecule has 1 aliphatic rings. The quantitative estimate of drug-likeness (QED) is 0.788. The van der Waals surface area contributed by atoms with Gasteiger partial charge in [-0.05, 0) is 31.9 Å². The number of halogens is 3. The monoisotopic (exact) mass is 405 g/mol. The Morgan fingerprint density at radius 2 is 2.04 bits per heavy atom. The number of nitrogens with zero attached hydrogens (tertiary/aromatic N) is 2. The molecule has 2 atom stereocenters. The van der Waals surface area contributed by atoms with Crippen molar-refractivity contribution in [1.82, 2.24) is 9.80 Å². The van der Waals surface area contributed by atoms with Crippen LogP contribution >= 0.6 is 12.4 Å². The van der Waals surface area contributed by atoms with Gasteiger partial charge in [0.15, 0.2) is 0 Å². The van der Waals surface area contributed by atoms with E-state index in [1.165, 1.54) is 23.1 Å². The van der Waals surface area contributed by atoms with Crippen molar-refractivity contribution in [1.29, 1.82) is 0 Å². The summed E-state index contributed by atoms with van der Waals surface area (Å²) in [4.78, 5) is 28.5. The van der Waals surface area contributed by atoms with Gasteiger partial charge in [0, 0.05) is 32.7 Å². The minimum atomic E-state index is -3.01. The number of amides is 2. The van der Waals surface area contributed by atoms with Crippen molar-refractivity contribution in [2.45, 2.75) is 32.4 Å². The lowest BCUT2D eigenvalue weighted by atomic mass is 9.95. The average Bonchev–Trinajstić information content (AvgIpc) is 2.65. The third kappa shape index (κ3) is 5.77. The summed E-state index contributed by atoms with van der Waals surface area (Å²) in [5.74, 6) is -0.949. The van der Waals surface area contributed by atoms with E-state index in [0.29, 0.717) is 25.9 Å². The Morgan fingerprint density at radius 3 is 2.67 bits per heavy atom. The average molecular weight is 406 g/mol. The number of benzene rings is 1. The predicted octanol–water partition coefficient (Wildman–Crippen LogP) is 2.37. The number of ether oxygens (including phenoxy) is 1. The van der Waals surface area contributed by atoms with Crippen LogP contribution in [0.25, 0.3) is 0 Å². The topological polar surface area (TPSA) is 75.9 Å². The number of rotatable bonds is 6. The lowest BCUT2D eigenvalue weighted by Gasteiger charge is -2.35. The number of carbonyl (C=O) groups excluding carboxylic acids is 2. The highest BCUT2D eigenvalue weighted by molar-refractivity contribution is 5.97. The molecule has 0 radical (unpaired) electrons. The number of likely N-dealkylation sites (tertiary alicyclic amines) is 1. The number of hydrogen-bond donors (Lipinski definition) is 1. The molecule has 1 aliphatic heterocycles. The maximum atomic E-state index is 12.8. The van der Waals surface area contributed by atoms with E-state index >= 15 is 0 Å². The zero-order valence-corrected chi connectivity index (χ0v) is 16.3. The molecule has 0 bridgehead atoms. The van der Waals surface area contributed by atoms with E-state index in [0.717, 1.165) is 0 Å². The second kappa shape index (κ2) is 10.4. The Morgan fingerprint density at radius 1 is 1.37 bits per heavy atom. The van der Waals surface area contributed by atoms with E-state index in [4.69, 9.17) is 5.73 Å². The Bertz CT molecular complexity index is 648. The van der Waals surface area contributed by atoms with Crippen molar-refractivity contribution < 1.29 is 23.1 Å². The molecule has 0 saturated carbocycles. The standard InChI is InChI=1S/C18H25F2N3O3.ClH/c1-12(10-21)22(2)16(24)13-6-5-9-23(11-13)17(25)14-7-3-4-8-15(14)26-18(19)20;/h3-4,7-8,12-13,18H,5-6,9-11,21H2,1-2H3;1H.